The molecule has 1 rings (SSSR count). The number of rotatable bonds is 5. The number of hydrogen-bond acceptors (Lipinski definition) is 5. The molecule has 0 amide bonds. The van der Waals surface area contributed by atoms with Gasteiger partial charge in [-0.1, -0.05) is 12.1 Å². The van der Waals surface area contributed by atoms with Gasteiger partial charge in [-0.2, -0.15) is 0 Å². The number of nitrogens with one attached hydrogen (secondary N) is 1. The second kappa shape index (κ2) is 5.43. The fourth-order valence-corrected chi connectivity index (χ4v) is 0.966. The van der Waals surface area contributed by atoms with Gasteiger partial charge in [-0.3, -0.25) is 5.84 Å². The van der Waals surface area contributed by atoms with Crippen molar-refractivity contribution in [2.45, 2.75) is 6.10 Å². The topological polar surface area (TPSA) is 93.5 Å². The summed E-state index contributed by atoms with van der Waals surface area (Å²) in [5, 5.41) is 9.18. The van der Waals surface area contributed by atoms with Gasteiger partial charge in [0.05, 0.1) is 5.69 Å². The number of ether oxygens (including phenoxy) is 1. The maximum absolute atomic E-state index is 9.18. The lowest BCUT2D eigenvalue weighted by molar-refractivity contribution is 0.114. The summed E-state index contributed by atoms with van der Waals surface area (Å²) in [7, 11) is 0. The minimum atomic E-state index is -0.652. The highest BCUT2D eigenvalue weighted by molar-refractivity contribution is 5.55. The van der Waals surface area contributed by atoms with Crippen LogP contribution in [0, 0.1) is 0 Å². The fraction of sp³-hybridized carbons (Fsp3) is 0.333. The molecule has 1 unspecified atom stereocenters. The van der Waals surface area contributed by atoms with Crippen LogP contribution < -0.4 is 21.7 Å². The molecule has 0 aliphatic rings. The van der Waals surface area contributed by atoms with E-state index in [4.69, 9.17) is 16.3 Å². The van der Waals surface area contributed by atoms with Gasteiger partial charge in [-0.15, -0.1) is 0 Å². The first kappa shape index (κ1) is 10.8. The van der Waals surface area contributed by atoms with Crippen LogP contribution in [-0.2, 0) is 0 Å². The summed E-state index contributed by atoms with van der Waals surface area (Å²) >= 11 is 0. The second-order valence-electron chi connectivity index (χ2n) is 2.84. The fourth-order valence-electron chi connectivity index (χ4n) is 0.966. The molecule has 0 saturated heterocycles. The molecule has 0 heterocycles. The van der Waals surface area contributed by atoms with E-state index in [2.05, 4.69) is 5.43 Å². The Bertz CT molecular complexity index is 281. The second-order valence-corrected chi connectivity index (χ2v) is 2.84. The molecule has 0 fully saturated rings. The van der Waals surface area contributed by atoms with Crippen molar-refractivity contribution in [2.24, 2.45) is 11.6 Å². The molecule has 14 heavy (non-hydrogen) atoms. The molecule has 0 aromatic heterocycles. The van der Waals surface area contributed by atoms with Gasteiger partial charge in [0.1, 0.15) is 18.5 Å². The number of hydrogen-bond donors (Lipinski definition) is 4. The van der Waals surface area contributed by atoms with Crippen LogP contribution in [0.25, 0.3) is 0 Å². The van der Waals surface area contributed by atoms with Crippen LogP contribution in [0.5, 0.6) is 5.75 Å². The summed E-state index contributed by atoms with van der Waals surface area (Å²) in [5.74, 6) is 5.87. The van der Waals surface area contributed by atoms with E-state index in [0.717, 1.165) is 0 Å². The minimum Gasteiger partial charge on any atom is -0.489 e. The summed E-state index contributed by atoms with van der Waals surface area (Å²) in [4.78, 5) is 0. The Morgan fingerprint density at radius 1 is 1.43 bits per heavy atom. The molecule has 0 bridgehead atoms. The van der Waals surface area contributed by atoms with Crippen molar-refractivity contribution in [1.29, 1.82) is 0 Å². The van der Waals surface area contributed by atoms with Gasteiger partial charge in [0.2, 0.25) is 0 Å². The van der Waals surface area contributed by atoms with Crippen molar-refractivity contribution in [3.63, 3.8) is 0 Å². The number of anilines is 1. The van der Waals surface area contributed by atoms with Crippen molar-refractivity contribution in [2.75, 3.05) is 18.6 Å². The zero-order chi connectivity index (χ0) is 10.4. The number of nitrogens with two attached hydrogens (primary N) is 2. The molecule has 5 nitrogen and oxygen atoms in total. The normalized spacial score (nSPS) is 12.2. The van der Waals surface area contributed by atoms with Crippen molar-refractivity contribution >= 4 is 5.69 Å². The van der Waals surface area contributed by atoms with Crippen molar-refractivity contribution in [3.8, 4) is 5.75 Å². The van der Waals surface area contributed by atoms with Crippen molar-refractivity contribution in [1.82, 2.24) is 0 Å². The third-order valence-electron chi connectivity index (χ3n) is 1.75. The third-order valence-corrected chi connectivity index (χ3v) is 1.75. The van der Waals surface area contributed by atoms with Crippen LogP contribution in [-0.4, -0.2) is 24.4 Å². The molecule has 0 aliphatic heterocycles. The zero-order valence-electron chi connectivity index (χ0n) is 7.81. The van der Waals surface area contributed by atoms with E-state index in [0.29, 0.717) is 11.4 Å². The van der Waals surface area contributed by atoms with Gasteiger partial charge >= 0.3 is 0 Å². The highest BCUT2D eigenvalue weighted by Crippen LogP contribution is 2.22. The SMILES string of the molecule is NCC(O)COc1ccccc1NN. The first-order valence-corrected chi connectivity index (χ1v) is 4.34. The van der Waals surface area contributed by atoms with E-state index in [1.54, 1.807) is 12.1 Å². The lowest BCUT2D eigenvalue weighted by atomic mass is 10.3. The van der Waals surface area contributed by atoms with E-state index < -0.39 is 6.10 Å². The molecule has 0 saturated carbocycles. The number of aliphatic hydroxyl groups excluding tert-OH is 1. The molecule has 78 valence electrons. The maximum atomic E-state index is 9.18. The van der Waals surface area contributed by atoms with Crippen LogP contribution in [0.4, 0.5) is 5.69 Å². The van der Waals surface area contributed by atoms with Crippen LogP contribution in [0.3, 0.4) is 0 Å². The first-order chi connectivity index (χ1) is 6.77. The summed E-state index contributed by atoms with van der Waals surface area (Å²) in [6.07, 6.45) is -0.652. The number of benzene rings is 1. The quantitative estimate of drug-likeness (QED) is 0.383. The van der Waals surface area contributed by atoms with E-state index in [-0.39, 0.29) is 13.2 Å². The summed E-state index contributed by atoms with van der Waals surface area (Å²) in [6, 6.07) is 7.20. The average Bonchev–Trinajstić information content (AvgIpc) is 2.26. The molecule has 1 atom stereocenters. The van der Waals surface area contributed by atoms with Gasteiger partial charge in [-0.05, 0) is 12.1 Å². The Kier molecular flexibility index (Phi) is 4.18. The van der Waals surface area contributed by atoms with E-state index in [9.17, 15) is 5.11 Å². The predicted octanol–water partition coefficient (Wildman–Crippen LogP) is -0.329. The monoisotopic (exact) mass is 197 g/mol. The molecule has 1 aromatic rings. The minimum absolute atomic E-state index is 0.162. The largest absolute Gasteiger partial charge is 0.489 e. The molecule has 6 N–H and O–H groups in total. The van der Waals surface area contributed by atoms with Crippen LogP contribution in [0.2, 0.25) is 0 Å². The first-order valence-electron chi connectivity index (χ1n) is 4.34. The third kappa shape index (κ3) is 2.88. The Hall–Kier alpha value is -1.30. The van der Waals surface area contributed by atoms with Gasteiger partial charge in [0, 0.05) is 6.54 Å². The molecular formula is C9H15N3O2. The van der Waals surface area contributed by atoms with Crippen LogP contribution in [0.15, 0.2) is 24.3 Å². The Morgan fingerprint density at radius 2 is 2.14 bits per heavy atom. The van der Waals surface area contributed by atoms with Gasteiger partial charge in [0.15, 0.2) is 0 Å². The number of hydrazine groups is 1. The molecule has 1 aromatic carbocycles. The van der Waals surface area contributed by atoms with Gasteiger partial charge in [0.25, 0.3) is 0 Å². The average molecular weight is 197 g/mol. The highest BCUT2D eigenvalue weighted by Gasteiger charge is 2.04. The Balaban J connectivity index is 2.57. The van der Waals surface area contributed by atoms with E-state index in [1.807, 2.05) is 12.1 Å². The molecule has 0 aliphatic carbocycles. The Labute approximate surface area is 82.6 Å². The number of para-hydroxylation sites is 2. The lowest BCUT2D eigenvalue weighted by Gasteiger charge is -2.12. The molecule has 0 spiro atoms. The van der Waals surface area contributed by atoms with Crippen LogP contribution in [0.1, 0.15) is 0 Å². The van der Waals surface area contributed by atoms with Gasteiger partial charge in [-0.25, -0.2) is 0 Å². The lowest BCUT2D eigenvalue weighted by Crippen LogP contribution is -2.26. The standard InChI is InChI=1S/C9H15N3O2/c10-5-7(13)6-14-9-4-2-1-3-8(9)12-11/h1-4,7,12-13H,5-6,10-11H2. The van der Waals surface area contributed by atoms with Gasteiger partial charge < -0.3 is 21.0 Å². The summed E-state index contributed by atoms with van der Waals surface area (Å²) < 4.78 is 5.31. The number of nitrogen functional groups attached to an aromatic ring is 1. The van der Waals surface area contributed by atoms with Crippen molar-refractivity contribution < 1.29 is 9.84 Å². The van der Waals surface area contributed by atoms with E-state index in [1.165, 1.54) is 0 Å². The van der Waals surface area contributed by atoms with Crippen LogP contribution >= 0.6 is 0 Å². The number of aliphatic hydroxyl groups is 1. The highest BCUT2D eigenvalue weighted by atomic mass is 16.5. The molecular weight excluding hydrogens is 182 g/mol. The molecule has 5 heteroatoms. The molecule has 0 radical (unpaired) electrons. The predicted molar refractivity (Wildman–Crippen MR) is 54.8 cm³/mol. The van der Waals surface area contributed by atoms with Crippen molar-refractivity contribution in [3.05, 3.63) is 24.3 Å². The smallest absolute Gasteiger partial charge is 0.143 e. The van der Waals surface area contributed by atoms with E-state index >= 15 is 0 Å². The maximum Gasteiger partial charge on any atom is 0.143 e. The summed E-state index contributed by atoms with van der Waals surface area (Å²) in [5.41, 5.74) is 8.41. The zero-order valence-corrected chi connectivity index (χ0v) is 7.81. The Morgan fingerprint density at radius 3 is 2.79 bits per heavy atom. The summed E-state index contributed by atoms with van der Waals surface area (Å²) in [6.45, 7) is 0.341.